The lowest BCUT2D eigenvalue weighted by atomic mass is 10.1. The van der Waals surface area contributed by atoms with Crippen molar-refractivity contribution in [1.82, 2.24) is 4.98 Å². The fraction of sp³-hybridized carbons (Fsp3) is 0.0769. The lowest BCUT2D eigenvalue weighted by Crippen LogP contribution is -2.06. The maximum absolute atomic E-state index is 11.8. The topological polar surface area (TPSA) is 65.2 Å². The smallest absolute Gasteiger partial charge is 0.340 e. The highest BCUT2D eigenvalue weighted by Crippen LogP contribution is 2.35. The first-order valence-corrected chi connectivity index (χ1v) is 6.56. The third-order valence-electron chi connectivity index (χ3n) is 2.57. The molecule has 2 aromatic rings. The van der Waals surface area contributed by atoms with Crippen LogP contribution in [-0.4, -0.2) is 18.1 Å². The Morgan fingerprint density at radius 2 is 1.80 bits per heavy atom. The Morgan fingerprint density at radius 3 is 2.35 bits per heavy atom. The molecule has 7 heteroatoms. The van der Waals surface area contributed by atoms with E-state index in [0.29, 0.717) is 16.9 Å². The standard InChI is InChI=1S/C13H9Cl3N2O2/c1-20-13(19)8-4-7(17)5-18-12(8)6-2-9(14)11(16)10(15)3-6/h2-5H,17H2,1H3. The summed E-state index contributed by atoms with van der Waals surface area (Å²) < 4.78 is 4.71. The highest BCUT2D eigenvalue weighted by Gasteiger charge is 2.17. The quantitative estimate of drug-likeness (QED) is 0.665. The van der Waals surface area contributed by atoms with Gasteiger partial charge in [-0.1, -0.05) is 34.8 Å². The minimum absolute atomic E-state index is 0.224. The molecule has 2 rings (SSSR count). The van der Waals surface area contributed by atoms with Crippen LogP contribution in [0.4, 0.5) is 5.69 Å². The number of aromatic nitrogens is 1. The van der Waals surface area contributed by atoms with Gasteiger partial charge in [0.25, 0.3) is 0 Å². The molecule has 0 radical (unpaired) electrons. The molecule has 0 aliphatic carbocycles. The van der Waals surface area contributed by atoms with Crippen LogP contribution in [0, 0.1) is 0 Å². The predicted octanol–water partition coefficient (Wildman–Crippen LogP) is 4.08. The fourth-order valence-electron chi connectivity index (χ4n) is 1.67. The van der Waals surface area contributed by atoms with Gasteiger partial charge in [-0.05, 0) is 18.2 Å². The molecule has 0 saturated heterocycles. The van der Waals surface area contributed by atoms with Crippen molar-refractivity contribution < 1.29 is 9.53 Å². The molecule has 0 spiro atoms. The summed E-state index contributed by atoms with van der Waals surface area (Å²) in [5.41, 5.74) is 7.12. The molecule has 1 heterocycles. The van der Waals surface area contributed by atoms with Gasteiger partial charge in [0, 0.05) is 5.56 Å². The molecule has 0 saturated carbocycles. The van der Waals surface area contributed by atoms with Gasteiger partial charge in [0.2, 0.25) is 0 Å². The van der Waals surface area contributed by atoms with E-state index in [-0.39, 0.29) is 20.6 Å². The average Bonchev–Trinajstić information content (AvgIpc) is 2.43. The highest BCUT2D eigenvalue weighted by molar-refractivity contribution is 6.48. The maximum atomic E-state index is 11.8. The Balaban J connectivity index is 2.66. The number of nitrogens with zero attached hydrogens (tertiary/aromatic N) is 1. The van der Waals surface area contributed by atoms with Crippen LogP contribution in [0.25, 0.3) is 11.3 Å². The second-order valence-corrected chi connectivity index (χ2v) is 5.10. The van der Waals surface area contributed by atoms with Gasteiger partial charge < -0.3 is 10.5 Å². The molecule has 0 aliphatic rings. The van der Waals surface area contributed by atoms with Crippen molar-refractivity contribution in [2.24, 2.45) is 0 Å². The first kappa shape index (κ1) is 14.9. The number of benzene rings is 1. The van der Waals surface area contributed by atoms with Crippen LogP contribution >= 0.6 is 34.8 Å². The number of methoxy groups -OCH3 is 1. The van der Waals surface area contributed by atoms with E-state index in [1.807, 2.05) is 0 Å². The zero-order valence-electron chi connectivity index (χ0n) is 10.3. The summed E-state index contributed by atoms with van der Waals surface area (Å²) in [5, 5.41) is 0.777. The second-order valence-electron chi connectivity index (χ2n) is 3.91. The van der Waals surface area contributed by atoms with E-state index in [1.54, 1.807) is 12.1 Å². The van der Waals surface area contributed by atoms with Crippen LogP contribution in [0.15, 0.2) is 24.4 Å². The Labute approximate surface area is 130 Å². The molecule has 0 bridgehead atoms. The highest BCUT2D eigenvalue weighted by atomic mass is 35.5. The third kappa shape index (κ3) is 2.82. The first-order chi connectivity index (χ1) is 9.43. The summed E-state index contributed by atoms with van der Waals surface area (Å²) in [6, 6.07) is 4.62. The van der Waals surface area contributed by atoms with Crippen LogP contribution < -0.4 is 5.73 Å². The van der Waals surface area contributed by atoms with Crippen LogP contribution in [-0.2, 0) is 4.74 Å². The van der Waals surface area contributed by atoms with Crippen molar-refractivity contribution in [1.29, 1.82) is 0 Å². The Morgan fingerprint density at radius 1 is 1.20 bits per heavy atom. The van der Waals surface area contributed by atoms with Crippen LogP contribution in [0.5, 0.6) is 0 Å². The Hall–Kier alpha value is -1.49. The molecule has 104 valence electrons. The number of carbonyl (C=O) groups excluding carboxylic acids is 1. The molecule has 4 nitrogen and oxygen atoms in total. The summed E-state index contributed by atoms with van der Waals surface area (Å²) in [6.07, 6.45) is 1.43. The van der Waals surface area contributed by atoms with Gasteiger partial charge in [-0.3, -0.25) is 4.98 Å². The van der Waals surface area contributed by atoms with E-state index in [0.717, 1.165) is 0 Å². The second kappa shape index (κ2) is 5.87. The van der Waals surface area contributed by atoms with Crippen LogP contribution in [0.3, 0.4) is 0 Å². The molecule has 1 aromatic carbocycles. The van der Waals surface area contributed by atoms with Crippen molar-refractivity contribution in [3.05, 3.63) is 45.0 Å². The number of anilines is 1. The number of pyridine rings is 1. The fourth-order valence-corrected chi connectivity index (χ4v) is 2.26. The van der Waals surface area contributed by atoms with Gasteiger partial charge in [0.1, 0.15) is 0 Å². The van der Waals surface area contributed by atoms with Gasteiger partial charge in [-0.15, -0.1) is 0 Å². The maximum Gasteiger partial charge on any atom is 0.340 e. The van der Waals surface area contributed by atoms with Crippen molar-refractivity contribution >= 4 is 46.5 Å². The number of nitrogen functional groups attached to an aromatic ring is 1. The van der Waals surface area contributed by atoms with E-state index in [2.05, 4.69) is 4.98 Å². The van der Waals surface area contributed by atoms with Gasteiger partial charge in [-0.2, -0.15) is 0 Å². The molecule has 2 N–H and O–H groups in total. The first-order valence-electron chi connectivity index (χ1n) is 5.42. The molecule has 1 aromatic heterocycles. The lowest BCUT2D eigenvalue weighted by molar-refractivity contribution is 0.0601. The molecular weight excluding hydrogens is 323 g/mol. The number of carbonyl (C=O) groups is 1. The molecule has 20 heavy (non-hydrogen) atoms. The monoisotopic (exact) mass is 330 g/mol. The van der Waals surface area contributed by atoms with Gasteiger partial charge in [0.15, 0.2) is 0 Å². The zero-order valence-corrected chi connectivity index (χ0v) is 12.6. The zero-order chi connectivity index (χ0) is 14.9. The largest absolute Gasteiger partial charge is 0.465 e. The van der Waals surface area contributed by atoms with E-state index in [4.69, 9.17) is 45.3 Å². The molecular formula is C13H9Cl3N2O2. The molecule has 0 amide bonds. The van der Waals surface area contributed by atoms with Gasteiger partial charge in [-0.25, -0.2) is 4.79 Å². The number of rotatable bonds is 2. The molecule has 0 aliphatic heterocycles. The Kier molecular flexibility index (Phi) is 4.38. The number of halogens is 3. The van der Waals surface area contributed by atoms with Gasteiger partial charge in [0.05, 0.1) is 45.3 Å². The van der Waals surface area contributed by atoms with E-state index >= 15 is 0 Å². The predicted molar refractivity (Wildman–Crippen MR) is 80.5 cm³/mol. The minimum Gasteiger partial charge on any atom is -0.465 e. The van der Waals surface area contributed by atoms with Crippen molar-refractivity contribution in [3.63, 3.8) is 0 Å². The lowest BCUT2D eigenvalue weighted by Gasteiger charge is -2.10. The summed E-state index contributed by atoms with van der Waals surface area (Å²) in [6.45, 7) is 0. The summed E-state index contributed by atoms with van der Waals surface area (Å²) in [7, 11) is 1.27. The van der Waals surface area contributed by atoms with E-state index in [1.165, 1.54) is 19.4 Å². The minimum atomic E-state index is -0.554. The third-order valence-corrected chi connectivity index (χ3v) is 3.77. The average molecular weight is 332 g/mol. The number of esters is 1. The Bertz CT molecular complexity index is 666. The van der Waals surface area contributed by atoms with Crippen molar-refractivity contribution in [2.75, 3.05) is 12.8 Å². The summed E-state index contributed by atoms with van der Waals surface area (Å²) >= 11 is 17.9. The SMILES string of the molecule is COC(=O)c1cc(N)cnc1-c1cc(Cl)c(Cl)c(Cl)c1. The van der Waals surface area contributed by atoms with Crippen molar-refractivity contribution in [3.8, 4) is 11.3 Å². The van der Waals surface area contributed by atoms with Crippen molar-refractivity contribution in [2.45, 2.75) is 0 Å². The summed E-state index contributed by atoms with van der Waals surface area (Å²) in [4.78, 5) is 15.9. The number of hydrogen-bond acceptors (Lipinski definition) is 4. The normalized spacial score (nSPS) is 10.4. The molecule has 0 atom stereocenters. The van der Waals surface area contributed by atoms with Gasteiger partial charge >= 0.3 is 5.97 Å². The molecule has 0 fully saturated rings. The summed E-state index contributed by atoms with van der Waals surface area (Å²) in [5.74, 6) is -0.554. The molecule has 0 unspecified atom stereocenters. The number of nitrogens with two attached hydrogens (primary N) is 1. The number of hydrogen-bond donors (Lipinski definition) is 1. The van der Waals surface area contributed by atoms with E-state index in [9.17, 15) is 4.79 Å². The van der Waals surface area contributed by atoms with Crippen LogP contribution in [0.2, 0.25) is 15.1 Å². The number of ether oxygens (including phenoxy) is 1. The van der Waals surface area contributed by atoms with E-state index < -0.39 is 5.97 Å². The van der Waals surface area contributed by atoms with Crippen LogP contribution in [0.1, 0.15) is 10.4 Å².